The van der Waals surface area contributed by atoms with E-state index in [9.17, 15) is 4.79 Å². The summed E-state index contributed by atoms with van der Waals surface area (Å²) in [4.78, 5) is 17.5. The van der Waals surface area contributed by atoms with Crippen molar-refractivity contribution in [1.82, 2.24) is 10.2 Å². The van der Waals surface area contributed by atoms with Crippen LogP contribution in [0.5, 0.6) is 0 Å². The first-order valence-electron chi connectivity index (χ1n) is 5.63. The van der Waals surface area contributed by atoms with Crippen molar-refractivity contribution in [3.8, 4) is 0 Å². The largest absolute Gasteiger partial charge is 0.370 e. The van der Waals surface area contributed by atoms with Gasteiger partial charge in [0.05, 0.1) is 0 Å². The summed E-state index contributed by atoms with van der Waals surface area (Å²) >= 11 is 0. The minimum absolute atomic E-state index is 0.0974. The van der Waals surface area contributed by atoms with E-state index >= 15 is 0 Å². The molecule has 3 N–H and O–H groups in total. The molecule has 0 saturated heterocycles. The summed E-state index contributed by atoms with van der Waals surface area (Å²) in [6.45, 7) is 5.91. The van der Waals surface area contributed by atoms with Gasteiger partial charge in [-0.1, -0.05) is 0 Å². The van der Waals surface area contributed by atoms with Gasteiger partial charge < -0.3 is 16.0 Å². The highest BCUT2D eigenvalue weighted by atomic mass is 16.2. The molecule has 1 aliphatic carbocycles. The molecule has 5 nitrogen and oxygen atoms in total. The molecule has 1 saturated carbocycles. The van der Waals surface area contributed by atoms with Gasteiger partial charge in [-0.25, -0.2) is 4.99 Å². The summed E-state index contributed by atoms with van der Waals surface area (Å²) in [6.07, 6.45) is 2.34. The molecule has 0 bridgehead atoms. The molecule has 0 aromatic rings. The molecule has 5 heteroatoms. The summed E-state index contributed by atoms with van der Waals surface area (Å²) in [6, 6.07) is 0.523. The van der Waals surface area contributed by atoms with E-state index in [4.69, 9.17) is 5.73 Å². The summed E-state index contributed by atoms with van der Waals surface area (Å²) in [5, 5.41) is 2.84. The Morgan fingerprint density at radius 1 is 1.50 bits per heavy atom. The molecule has 0 aliphatic heterocycles. The van der Waals surface area contributed by atoms with Crippen LogP contribution in [0.1, 0.15) is 33.6 Å². The zero-order chi connectivity index (χ0) is 12.3. The molecule has 0 spiro atoms. The van der Waals surface area contributed by atoms with Crippen LogP contribution in [-0.4, -0.2) is 41.9 Å². The van der Waals surface area contributed by atoms with E-state index in [1.807, 2.05) is 32.7 Å². The fraction of sp³-hybridized carbons (Fsp3) is 0.818. The molecule has 0 aromatic carbocycles. The first-order valence-corrected chi connectivity index (χ1v) is 5.63. The van der Waals surface area contributed by atoms with E-state index in [1.165, 1.54) is 12.8 Å². The molecule has 92 valence electrons. The highest BCUT2D eigenvalue weighted by Crippen LogP contribution is 2.24. The smallest absolute Gasteiger partial charge is 0.242 e. The number of nitrogens with zero attached hydrogens (tertiary/aromatic N) is 2. The maximum absolute atomic E-state index is 11.5. The molecule has 1 rings (SSSR count). The van der Waals surface area contributed by atoms with Crippen LogP contribution in [-0.2, 0) is 4.79 Å². The Hall–Kier alpha value is -1.26. The van der Waals surface area contributed by atoms with Gasteiger partial charge in [-0.3, -0.25) is 4.79 Å². The van der Waals surface area contributed by atoms with Crippen LogP contribution in [0, 0.1) is 0 Å². The zero-order valence-corrected chi connectivity index (χ0v) is 10.6. The van der Waals surface area contributed by atoms with Crippen molar-refractivity contribution < 1.29 is 4.79 Å². The second-order valence-corrected chi connectivity index (χ2v) is 5.31. The van der Waals surface area contributed by atoms with E-state index in [2.05, 4.69) is 10.3 Å². The Morgan fingerprint density at radius 3 is 2.50 bits per heavy atom. The van der Waals surface area contributed by atoms with Crippen LogP contribution in [0.4, 0.5) is 0 Å². The summed E-state index contributed by atoms with van der Waals surface area (Å²) < 4.78 is 0. The number of aliphatic imine (C=N–C) groups is 1. The van der Waals surface area contributed by atoms with Crippen LogP contribution in [0.3, 0.4) is 0 Å². The maximum Gasteiger partial charge on any atom is 0.242 e. The number of amides is 1. The SMILES string of the molecule is CN(C(N)=NCC(=O)NC(C)(C)C)C1CC1. The van der Waals surface area contributed by atoms with E-state index in [1.54, 1.807) is 0 Å². The zero-order valence-electron chi connectivity index (χ0n) is 10.6. The Kier molecular flexibility index (Phi) is 3.78. The number of hydrogen-bond acceptors (Lipinski definition) is 2. The van der Waals surface area contributed by atoms with Crippen molar-refractivity contribution in [1.29, 1.82) is 0 Å². The molecule has 0 aromatic heterocycles. The summed E-state index contributed by atoms with van der Waals surface area (Å²) in [5.41, 5.74) is 5.55. The number of hydrogen-bond donors (Lipinski definition) is 2. The van der Waals surface area contributed by atoms with E-state index in [-0.39, 0.29) is 18.0 Å². The normalized spacial score (nSPS) is 17.1. The van der Waals surface area contributed by atoms with Crippen molar-refractivity contribution >= 4 is 11.9 Å². The van der Waals surface area contributed by atoms with E-state index in [0.29, 0.717) is 12.0 Å². The van der Waals surface area contributed by atoms with Gasteiger partial charge in [0.1, 0.15) is 6.54 Å². The van der Waals surface area contributed by atoms with Crippen LogP contribution in [0.25, 0.3) is 0 Å². The fourth-order valence-corrected chi connectivity index (χ4v) is 1.37. The quantitative estimate of drug-likeness (QED) is 0.537. The van der Waals surface area contributed by atoms with E-state index < -0.39 is 0 Å². The number of guanidine groups is 1. The molecule has 1 aliphatic rings. The second kappa shape index (κ2) is 4.72. The minimum atomic E-state index is -0.218. The molecule has 0 atom stereocenters. The van der Waals surface area contributed by atoms with Crippen molar-refractivity contribution in [2.45, 2.75) is 45.2 Å². The van der Waals surface area contributed by atoms with Gasteiger partial charge in [0.2, 0.25) is 5.91 Å². The van der Waals surface area contributed by atoms with Crippen LogP contribution >= 0.6 is 0 Å². The molecule has 0 radical (unpaired) electrons. The second-order valence-electron chi connectivity index (χ2n) is 5.31. The van der Waals surface area contributed by atoms with E-state index in [0.717, 1.165) is 0 Å². The third-order valence-corrected chi connectivity index (χ3v) is 2.36. The lowest BCUT2D eigenvalue weighted by Crippen LogP contribution is -2.43. The van der Waals surface area contributed by atoms with Gasteiger partial charge in [0.15, 0.2) is 5.96 Å². The topological polar surface area (TPSA) is 70.7 Å². The first-order chi connectivity index (χ1) is 7.29. The van der Waals surface area contributed by atoms with Gasteiger partial charge in [-0.2, -0.15) is 0 Å². The van der Waals surface area contributed by atoms with Gasteiger partial charge in [-0.15, -0.1) is 0 Å². The first kappa shape index (κ1) is 12.8. The molecule has 16 heavy (non-hydrogen) atoms. The number of nitrogens with two attached hydrogens (primary N) is 1. The lowest BCUT2D eigenvalue weighted by molar-refractivity contribution is -0.121. The standard InChI is InChI=1S/C11H22N4O/c1-11(2,3)14-9(16)7-13-10(12)15(4)8-5-6-8/h8H,5-7H2,1-4H3,(H2,12,13)(H,14,16). The summed E-state index contributed by atoms with van der Waals surface area (Å²) in [5.74, 6) is 0.353. The number of rotatable bonds is 3. The van der Waals surface area contributed by atoms with Gasteiger partial charge in [0, 0.05) is 18.6 Å². The average molecular weight is 226 g/mol. The predicted octanol–water partition coefficient (Wildman–Crippen LogP) is 0.310. The lowest BCUT2D eigenvalue weighted by atomic mass is 10.1. The Labute approximate surface area is 97.1 Å². The van der Waals surface area contributed by atoms with Crippen molar-refractivity contribution in [3.63, 3.8) is 0 Å². The van der Waals surface area contributed by atoms with Crippen LogP contribution in [0.15, 0.2) is 4.99 Å². The monoisotopic (exact) mass is 226 g/mol. The molecule has 0 unspecified atom stereocenters. The third kappa shape index (κ3) is 4.51. The maximum atomic E-state index is 11.5. The Balaban J connectivity index is 2.36. The van der Waals surface area contributed by atoms with Crippen molar-refractivity contribution in [2.24, 2.45) is 10.7 Å². The van der Waals surface area contributed by atoms with Gasteiger partial charge >= 0.3 is 0 Å². The average Bonchev–Trinajstić information content (AvgIpc) is 2.93. The third-order valence-electron chi connectivity index (χ3n) is 2.36. The molecule has 0 heterocycles. The fourth-order valence-electron chi connectivity index (χ4n) is 1.37. The predicted molar refractivity (Wildman–Crippen MR) is 65.2 cm³/mol. The number of nitrogens with one attached hydrogen (secondary N) is 1. The molecular weight excluding hydrogens is 204 g/mol. The highest BCUT2D eigenvalue weighted by molar-refractivity contribution is 5.84. The van der Waals surface area contributed by atoms with Crippen molar-refractivity contribution in [2.75, 3.05) is 13.6 Å². The number of carbonyl (C=O) groups is 1. The Bertz CT molecular complexity index is 289. The van der Waals surface area contributed by atoms with Crippen LogP contribution < -0.4 is 11.1 Å². The lowest BCUT2D eigenvalue weighted by Gasteiger charge is -2.20. The number of carbonyl (C=O) groups excluding carboxylic acids is 1. The minimum Gasteiger partial charge on any atom is -0.370 e. The molecule has 1 fully saturated rings. The van der Waals surface area contributed by atoms with Gasteiger partial charge in [0.25, 0.3) is 0 Å². The molecular formula is C11H22N4O. The summed E-state index contributed by atoms with van der Waals surface area (Å²) in [7, 11) is 1.91. The van der Waals surface area contributed by atoms with Crippen molar-refractivity contribution in [3.05, 3.63) is 0 Å². The highest BCUT2D eigenvalue weighted by Gasteiger charge is 2.27. The Morgan fingerprint density at radius 2 is 2.06 bits per heavy atom. The molecule has 1 amide bonds. The van der Waals surface area contributed by atoms with Crippen LogP contribution in [0.2, 0.25) is 0 Å². The van der Waals surface area contributed by atoms with Gasteiger partial charge in [-0.05, 0) is 33.6 Å².